The second-order valence-corrected chi connectivity index (χ2v) is 4.53. The first-order valence-electron chi connectivity index (χ1n) is 6.63. The van der Waals surface area contributed by atoms with Gasteiger partial charge in [-0.15, -0.1) is 0 Å². The van der Waals surface area contributed by atoms with Crippen LogP contribution in [0.2, 0.25) is 0 Å². The minimum atomic E-state index is -0.231. The van der Waals surface area contributed by atoms with Gasteiger partial charge in [-0.3, -0.25) is 4.79 Å². The lowest BCUT2D eigenvalue weighted by Crippen LogP contribution is -2.31. The van der Waals surface area contributed by atoms with Crippen molar-refractivity contribution in [2.24, 2.45) is 5.73 Å². The highest BCUT2D eigenvalue weighted by atomic mass is 16.7. The summed E-state index contributed by atoms with van der Waals surface area (Å²) in [6, 6.07) is 5.61. The number of amides is 1. The Bertz CT molecular complexity index is 448. The number of fused-ring (bicyclic) bond motifs is 1. The van der Waals surface area contributed by atoms with Crippen LogP contribution in [-0.4, -0.2) is 25.8 Å². The maximum atomic E-state index is 12.2. The summed E-state index contributed by atoms with van der Waals surface area (Å²) < 4.78 is 10.6. The molecule has 0 saturated carbocycles. The molecule has 0 aromatic heterocycles. The van der Waals surface area contributed by atoms with Crippen molar-refractivity contribution in [1.82, 2.24) is 5.32 Å². The number of carbonyl (C=O) groups excluding carboxylic acids is 1. The molecule has 1 aliphatic rings. The number of carbonyl (C=O) groups is 1. The predicted octanol–water partition coefficient (Wildman–Crippen LogP) is 1.37. The zero-order valence-electron chi connectivity index (χ0n) is 11.1. The number of ether oxygens (including phenoxy) is 2. The quantitative estimate of drug-likeness (QED) is 0.814. The molecule has 19 heavy (non-hydrogen) atoms. The maximum absolute atomic E-state index is 12.2. The van der Waals surface area contributed by atoms with Gasteiger partial charge in [-0.05, 0) is 37.1 Å². The van der Waals surface area contributed by atoms with Gasteiger partial charge in [0.15, 0.2) is 11.5 Å². The maximum Gasteiger partial charge on any atom is 0.231 e. The molecule has 0 fully saturated rings. The predicted molar refractivity (Wildman–Crippen MR) is 72.3 cm³/mol. The van der Waals surface area contributed by atoms with Crippen molar-refractivity contribution in [3.63, 3.8) is 0 Å². The van der Waals surface area contributed by atoms with Crippen LogP contribution in [0.5, 0.6) is 11.5 Å². The third-order valence-electron chi connectivity index (χ3n) is 3.12. The molecule has 1 unspecified atom stereocenters. The molecular formula is C14H20N2O3. The van der Waals surface area contributed by atoms with Crippen LogP contribution < -0.4 is 20.5 Å². The standard InChI is InChI=1S/C14H20N2O3/c1-2-7-16-14(17)11(5-6-15)10-3-4-12-13(8-10)19-9-18-12/h3-4,8,11H,2,5-7,9,15H2,1H3,(H,16,17). The summed E-state index contributed by atoms with van der Waals surface area (Å²) in [7, 11) is 0. The highest BCUT2D eigenvalue weighted by Crippen LogP contribution is 2.35. The molecule has 0 radical (unpaired) electrons. The van der Waals surface area contributed by atoms with Gasteiger partial charge in [0.25, 0.3) is 0 Å². The zero-order valence-corrected chi connectivity index (χ0v) is 11.1. The first-order chi connectivity index (χ1) is 9.26. The highest BCUT2D eigenvalue weighted by molar-refractivity contribution is 5.83. The van der Waals surface area contributed by atoms with E-state index in [0.717, 1.165) is 17.7 Å². The smallest absolute Gasteiger partial charge is 0.231 e. The van der Waals surface area contributed by atoms with Crippen molar-refractivity contribution in [2.75, 3.05) is 19.9 Å². The molecule has 1 aromatic rings. The van der Waals surface area contributed by atoms with Gasteiger partial charge >= 0.3 is 0 Å². The Hall–Kier alpha value is -1.75. The van der Waals surface area contributed by atoms with E-state index in [-0.39, 0.29) is 18.6 Å². The molecule has 3 N–H and O–H groups in total. The van der Waals surface area contributed by atoms with Gasteiger partial charge < -0.3 is 20.5 Å². The van der Waals surface area contributed by atoms with Crippen LogP contribution >= 0.6 is 0 Å². The molecule has 1 atom stereocenters. The van der Waals surface area contributed by atoms with Crippen LogP contribution in [0.1, 0.15) is 31.2 Å². The molecule has 5 nitrogen and oxygen atoms in total. The van der Waals surface area contributed by atoms with Crippen molar-refractivity contribution < 1.29 is 14.3 Å². The number of hydrogen-bond donors (Lipinski definition) is 2. The Morgan fingerprint density at radius 2 is 2.21 bits per heavy atom. The molecule has 1 amide bonds. The largest absolute Gasteiger partial charge is 0.454 e. The van der Waals surface area contributed by atoms with Gasteiger partial charge in [0.05, 0.1) is 5.92 Å². The van der Waals surface area contributed by atoms with Gasteiger partial charge in [-0.1, -0.05) is 13.0 Å². The van der Waals surface area contributed by atoms with E-state index >= 15 is 0 Å². The summed E-state index contributed by atoms with van der Waals surface area (Å²) in [5, 5.41) is 2.92. The van der Waals surface area contributed by atoms with Crippen LogP contribution in [0.3, 0.4) is 0 Å². The number of benzene rings is 1. The highest BCUT2D eigenvalue weighted by Gasteiger charge is 2.22. The van der Waals surface area contributed by atoms with Gasteiger partial charge in [-0.25, -0.2) is 0 Å². The summed E-state index contributed by atoms with van der Waals surface area (Å²) in [5.74, 6) is 1.21. The van der Waals surface area contributed by atoms with E-state index in [0.29, 0.717) is 25.3 Å². The van der Waals surface area contributed by atoms with Gasteiger partial charge in [0.2, 0.25) is 12.7 Å². The molecule has 1 aromatic carbocycles. The molecule has 104 valence electrons. The van der Waals surface area contributed by atoms with Crippen molar-refractivity contribution >= 4 is 5.91 Å². The van der Waals surface area contributed by atoms with Crippen molar-refractivity contribution in [1.29, 1.82) is 0 Å². The topological polar surface area (TPSA) is 73.6 Å². The summed E-state index contributed by atoms with van der Waals surface area (Å²) >= 11 is 0. The van der Waals surface area contributed by atoms with E-state index in [9.17, 15) is 4.79 Å². The average Bonchev–Trinajstić information content (AvgIpc) is 2.89. The van der Waals surface area contributed by atoms with E-state index in [1.807, 2.05) is 25.1 Å². The minimum absolute atomic E-state index is 0.0196. The molecule has 0 aliphatic carbocycles. The fraction of sp³-hybridized carbons (Fsp3) is 0.500. The molecule has 5 heteroatoms. The molecule has 2 rings (SSSR count). The molecule has 0 bridgehead atoms. The monoisotopic (exact) mass is 264 g/mol. The molecule has 0 spiro atoms. The first-order valence-corrected chi connectivity index (χ1v) is 6.63. The van der Waals surface area contributed by atoms with E-state index in [1.165, 1.54) is 0 Å². The number of nitrogens with two attached hydrogens (primary N) is 1. The summed E-state index contributed by atoms with van der Waals surface area (Å²) in [6.45, 7) is 3.42. The van der Waals surface area contributed by atoms with Crippen LogP contribution in [0.15, 0.2) is 18.2 Å². The van der Waals surface area contributed by atoms with E-state index in [4.69, 9.17) is 15.2 Å². The van der Waals surface area contributed by atoms with Crippen molar-refractivity contribution in [2.45, 2.75) is 25.7 Å². The normalized spacial score (nSPS) is 14.2. The fourth-order valence-electron chi connectivity index (χ4n) is 2.12. The lowest BCUT2D eigenvalue weighted by Gasteiger charge is -2.16. The van der Waals surface area contributed by atoms with Gasteiger partial charge in [0.1, 0.15) is 0 Å². The summed E-state index contributed by atoms with van der Waals surface area (Å²) in [6.07, 6.45) is 1.54. The summed E-state index contributed by atoms with van der Waals surface area (Å²) in [4.78, 5) is 12.2. The lowest BCUT2D eigenvalue weighted by atomic mass is 9.94. The van der Waals surface area contributed by atoms with E-state index in [2.05, 4.69) is 5.32 Å². The van der Waals surface area contributed by atoms with Gasteiger partial charge in [0, 0.05) is 6.54 Å². The van der Waals surface area contributed by atoms with E-state index in [1.54, 1.807) is 0 Å². The Labute approximate surface area is 113 Å². The zero-order chi connectivity index (χ0) is 13.7. The third kappa shape index (κ3) is 3.17. The van der Waals surface area contributed by atoms with Crippen LogP contribution in [0.4, 0.5) is 0 Å². The third-order valence-corrected chi connectivity index (χ3v) is 3.12. The number of nitrogens with one attached hydrogen (secondary N) is 1. The Morgan fingerprint density at radius 3 is 2.95 bits per heavy atom. The van der Waals surface area contributed by atoms with Crippen LogP contribution in [-0.2, 0) is 4.79 Å². The average molecular weight is 264 g/mol. The second kappa shape index (κ2) is 6.43. The number of rotatable bonds is 6. The molecule has 1 heterocycles. The van der Waals surface area contributed by atoms with Crippen molar-refractivity contribution in [3.05, 3.63) is 23.8 Å². The molecule has 0 saturated heterocycles. The van der Waals surface area contributed by atoms with E-state index < -0.39 is 0 Å². The molecular weight excluding hydrogens is 244 g/mol. The SMILES string of the molecule is CCCNC(=O)C(CCN)c1ccc2c(c1)OCO2. The fourth-order valence-corrected chi connectivity index (χ4v) is 2.12. The minimum Gasteiger partial charge on any atom is -0.454 e. The van der Waals surface area contributed by atoms with Gasteiger partial charge in [-0.2, -0.15) is 0 Å². The lowest BCUT2D eigenvalue weighted by molar-refractivity contribution is -0.122. The Kier molecular flexibility index (Phi) is 4.63. The second-order valence-electron chi connectivity index (χ2n) is 4.53. The molecule has 1 aliphatic heterocycles. The van der Waals surface area contributed by atoms with Crippen molar-refractivity contribution in [3.8, 4) is 11.5 Å². The first kappa shape index (κ1) is 13.7. The van der Waals surface area contributed by atoms with Crippen LogP contribution in [0, 0.1) is 0 Å². The Morgan fingerprint density at radius 1 is 1.42 bits per heavy atom. The summed E-state index contributed by atoms with van der Waals surface area (Å²) in [5.41, 5.74) is 6.53. The van der Waals surface area contributed by atoms with Crippen LogP contribution in [0.25, 0.3) is 0 Å². The number of hydrogen-bond acceptors (Lipinski definition) is 4. The Balaban J connectivity index is 2.16.